The Balaban J connectivity index is 1.14. The number of rotatable bonds is 5. The van der Waals surface area contributed by atoms with Gasteiger partial charge in [-0.2, -0.15) is 0 Å². The Hall–Kier alpha value is -5.22. The summed E-state index contributed by atoms with van der Waals surface area (Å²) in [6, 6.07) is 31.9. The monoisotopic (exact) mass is 492 g/mol. The van der Waals surface area contributed by atoms with Gasteiger partial charge in [0.2, 0.25) is 0 Å². The van der Waals surface area contributed by atoms with E-state index in [1.807, 2.05) is 109 Å². The third kappa shape index (κ3) is 4.63. The summed E-state index contributed by atoms with van der Waals surface area (Å²) in [5.74, 6) is -0.0172. The first kappa shape index (κ1) is 23.2. The van der Waals surface area contributed by atoms with Gasteiger partial charge in [-0.15, -0.1) is 0 Å². The van der Waals surface area contributed by atoms with Crippen LogP contribution in [0.1, 0.15) is 22.3 Å². The molecule has 6 rings (SSSR count). The highest BCUT2D eigenvalue weighted by atomic mass is 16.1. The zero-order valence-electron chi connectivity index (χ0n) is 20.5. The smallest absolute Gasteiger partial charge is 0.187 e. The van der Waals surface area contributed by atoms with Gasteiger partial charge in [0.15, 0.2) is 11.6 Å². The van der Waals surface area contributed by atoms with Gasteiger partial charge < -0.3 is 10.6 Å². The summed E-state index contributed by atoms with van der Waals surface area (Å²) in [4.78, 5) is 24.9. The molecule has 0 aliphatic heterocycles. The first-order chi connectivity index (χ1) is 18.7. The highest BCUT2D eigenvalue weighted by Crippen LogP contribution is 2.29. The van der Waals surface area contributed by atoms with E-state index in [1.165, 1.54) is 0 Å². The molecule has 0 amide bonds. The summed E-state index contributed by atoms with van der Waals surface area (Å²) in [6.45, 7) is 0. The van der Waals surface area contributed by atoms with E-state index in [0.717, 1.165) is 44.8 Å². The molecule has 4 aromatic carbocycles. The molecule has 38 heavy (non-hydrogen) atoms. The Morgan fingerprint density at radius 3 is 1.26 bits per heavy atom. The molecule has 4 aromatic rings. The van der Waals surface area contributed by atoms with Gasteiger partial charge in [-0.1, -0.05) is 84.9 Å². The van der Waals surface area contributed by atoms with Crippen molar-refractivity contribution in [2.24, 2.45) is 0 Å². The zero-order chi connectivity index (χ0) is 25.9. The molecule has 4 heteroatoms. The van der Waals surface area contributed by atoms with E-state index in [2.05, 4.69) is 10.6 Å². The molecule has 0 heterocycles. The van der Waals surface area contributed by atoms with Crippen LogP contribution in [-0.2, 0) is 9.59 Å². The maximum Gasteiger partial charge on any atom is 0.187 e. The average molecular weight is 493 g/mol. The first-order valence-corrected chi connectivity index (χ1v) is 12.4. The number of ketones is 2. The topological polar surface area (TPSA) is 58.2 Å². The number of hydrogen-bond acceptors (Lipinski definition) is 4. The fraction of sp³-hybridized carbons (Fsp3) is 0. The van der Waals surface area contributed by atoms with Gasteiger partial charge in [-0.3, -0.25) is 9.59 Å². The second-order valence-corrected chi connectivity index (χ2v) is 9.13. The molecule has 2 N–H and O–H groups in total. The highest BCUT2D eigenvalue weighted by Gasteiger charge is 2.17. The van der Waals surface area contributed by atoms with Crippen LogP contribution in [0.15, 0.2) is 122 Å². The lowest BCUT2D eigenvalue weighted by Gasteiger charge is -2.14. The molecule has 0 bridgehead atoms. The molecule has 2 aliphatic carbocycles. The van der Waals surface area contributed by atoms with Crippen molar-refractivity contribution < 1.29 is 9.59 Å². The maximum atomic E-state index is 12.4. The van der Waals surface area contributed by atoms with Crippen molar-refractivity contribution in [2.45, 2.75) is 0 Å². The van der Waals surface area contributed by atoms with Crippen molar-refractivity contribution in [3.05, 3.63) is 144 Å². The number of benzene rings is 4. The van der Waals surface area contributed by atoms with Crippen LogP contribution in [0.2, 0.25) is 0 Å². The summed E-state index contributed by atoms with van der Waals surface area (Å²) in [5, 5.41) is 6.53. The van der Waals surface area contributed by atoms with E-state index >= 15 is 0 Å². The molecular formula is C34H24N2O2. The van der Waals surface area contributed by atoms with Crippen LogP contribution in [0.5, 0.6) is 0 Å². The van der Waals surface area contributed by atoms with Gasteiger partial charge in [0, 0.05) is 34.9 Å². The predicted molar refractivity (Wildman–Crippen MR) is 156 cm³/mol. The largest absolute Gasteiger partial charge is 0.361 e. The van der Waals surface area contributed by atoms with Gasteiger partial charge in [0.05, 0.1) is 0 Å². The van der Waals surface area contributed by atoms with Crippen LogP contribution in [0.3, 0.4) is 0 Å². The number of carbonyl (C=O) groups is 2. The molecule has 4 nitrogen and oxygen atoms in total. The van der Waals surface area contributed by atoms with Crippen LogP contribution in [-0.4, -0.2) is 11.6 Å². The Bertz CT molecular complexity index is 1540. The van der Waals surface area contributed by atoms with Crippen LogP contribution >= 0.6 is 0 Å². The molecule has 0 saturated carbocycles. The quantitative estimate of drug-likeness (QED) is 0.284. The van der Waals surface area contributed by atoms with Crippen molar-refractivity contribution in [2.75, 3.05) is 10.6 Å². The van der Waals surface area contributed by atoms with E-state index in [-0.39, 0.29) is 11.6 Å². The predicted octanol–water partition coefficient (Wildman–Crippen LogP) is 7.45. The maximum absolute atomic E-state index is 12.4. The molecule has 0 radical (unpaired) electrons. The van der Waals surface area contributed by atoms with E-state index in [0.29, 0.717) is 11.1 Å². The lowest BCUT2D eigenvalue weighted by atomic mass is 9.92. The second-order valence-electron chi connectivity index (χ2n) is 9.13. The fourth-order valence-electron chi connectivity index (χ4n) is 4.68. The summed E-state index contributed by atoms with van der Waals surface area (Å²) >= 11 is 0. The number of hydrogen-bond donors (Lipinski definition) is 2. The average Bonchev–Trinajstić information content (AvgIpc) is 2.97. The molecule has 0 aromatic heterocycles. The number of allylic oxidation sites excluding steroid dienone is 4. The Kier molecular flexibility index (Phi) is 6.12. The van der Waals surface area contributed by atoms with Crippen LogP contribution < -0.4 is 10.6 Å². The third-order valence-corrected chi connectivity index (χ3v) is 6.73. The fourth-order valence-corrected chi connectivity index (χ4v) is 4.68. The molecule has 2 aliphatic rings. The van der Waals surface area contributed by atoms with Crippen molar-refractivity contribution in [3.8, 4) is 11.1 Å². The van der Waals surface area contributed by atoms with E-state index in [9.17, 15) is 9.59 Å². The number of nitrogens with one attached hydrogen (secondary N) is 2. The normalized spacial score (nSPS) is 15.9. The van der Waals surface area contributed by atoms with Gasteiger partial charge in [-0.25, -0.2) is 0 Å². The molecule has 0 fully saturated rings. The van der Waals surface area contributed by atoms with Crippen molar-refractivity contribution in [1.29, 1.82) is 0 Å². The summed E-state index contributed by atoms with van der Waals surface area (Å²) in [5.41, 5.74) is 9.21. The molecule has 0 spiro atoms. The van der Waals surface area contributed by atoms with Gasteiger partial charge in [0.25, 0.3) is 0 Å². The minimum atomic E-state index is -0.00862. The van der Waals surface area contributed by atoms with Gasteiger partial charge in [0.1, 0.15) is 0 Å². The van der Waals surface area contributed by atoms with Gasteiger partial charge in [-0.05, 0) is 69.8 Å². The van der Waals surface area contributed by atoms with Crippen LogP contribution in [0, 0.1) is 0 Å². The minimum Gasteiger partial charge on any atom is -0.361 e. The number of carbonyl (C=O) groups excluding carboxylic acids is 2. The summed E-state index contributed by atoms with van der Waals surface area (Å²) in [7, 11) is 0. The highest BCUT2D eigenvalue weighted by molar-refractivity contribution is 6.30. The molecular weight excluding hydrogens is 468 g/mol. The van der Waals surface area contributed by atoms with E-state index < -0.39 is 0 Å². The van der Waals surface area contributed by atoms with E-state index in [4.69, 9.17) is 0 Å². The van der Waals surface area contributed by atoms with Gasteiger partial charge >= 0.3 is 0 Å². The Labute approximate surface area is 221 Å². The van der Waals surface area contributed by atoms with Crippen molar-refractivity contribution in [1.82, 2.24) is 0 Å². The second kappa shape index (κ2) is 10.0. The Morgan fingerprint density at radius 1 is 0.447 bits per heavy atom. The minimum absolute atomic E-state index is 0.00862. The molecule has 0 unspecified atom stereocenters. The number of fused-ring (bicyclic) bond motifs is 2. The van der Waals surface area contributed by atoms with E-state index in [1.54, 1.807) is 24.6 Å². The lowest BCUT2D eigenvalue weighted by Crippen LogP contribution is -2.06. The van der Waals surface area contributed by atoms with Crippen LogP contribution in [0.25, 0.3) is 34.4 Å². The van der Waals surface area contributed by atoms with Crippen molar-refractivity contribution >= 4 is 46.2 Å². The molecule has 0 saturated heterocycles. The SMILES string of the molecule is O=C1C=Cc2ccccc2/C1=C/Nc1ccc(-c2ccc(N/C=C3/C(=O)C=Cc4ccccc43)cc2)cc1. The third-order valence-electron chi connectivity index (χ3n) is 6.73. The summed E-state index contributed by atoms with van der Waals surface area (Å²) < 4.78 is 0. The lowest BCUT2D eigenvalue weighted by molar-refractivity contribution is -0.110. The Morgan fingerprint density at radius 2 is 0.842 bits per heavy atom. The summed E-state index contributed by atoms with van der Waals surface area (Å²) in [6.07, 6.45) is 10.5. The first-order valence-electron chi connectivity index (χ1n) is 12.4. The van der Waals surface area contributed by atoms with Crippen molar-refractivity contribution in [3.63, 3.8) is 0 Å². The molecule has 0 atom stereocenters. The number of anilines is 2. The standard InChI is InChI=1S/C34H24N2O2/c37-33-19-13-25-5-1-3-7-29(25)31(33)21-35-27-15-9-23(10-16-27)24-11-17-28(18-12-24)36-22-32-30-8-4-2-6-26(30)14-20-34(32)38/h1-22,35-36H/b31-21-,32-22+. The van der Waals surface area contributed by atoms with Crippen LogP contribution in [0.4, 0.5) is 11.4 Å². The molecule has 182 valence electrons. The zero-order valence-corrected chi connectivity index (χ0v) is 20.5.